The Bertz CT molecular complexity index is 1680. The van der Waals surface area contributed by atoms with Crippen LogP contribution in [-0.4, -0.2) is 62.6 Å². The van der Waals surface area contributed by atoms with Crippen molar-refractivity contribution in [3.05, 3.63) is 77.9 Å². The molecule has 1 atom stereocenters. The van der Waals surface area contributed by atoms with Crippen molar-refractivity contribution < 1.29 is 19.2 Å². The molecule has 2 aromatic rings. The van der Waals surface area contributed by atoms with Crippen molar-refractivity contribution in [1.82, 2.24) is 24.7 Å². The van der Waals surface area contributed by atoms with Gasteiger partial charge < -0.3 is 15.6 Å². The number of alkyl halides is 1. The Balaban J connectivity index is 0.000000228. The van der Waals surface area contributed by atoms with E-state index in [9.17, 15) is 24.4 Å². The van der Waals surface area contributed by atoms with Crippen LogP contribution in [0.2, 0.25) is 0 Å². The van der Waals surface area contributed by atoms with Gasteiger partial charge in [-0.1, -0.05) is 84.8 Å². The van der Waals surface area contributed by atoms with E-state index in [1.54, 1.807) is 24.7 Å². The molecule has 5 rings (SSSR count). The van der Waals surface area contributed by atoms with E-state index >= 15 is 0 Å². The highest BCUT2D eigenvalue weighted by atomic mass is 79.9. The topological polar surface area (TPSA) is 178 Å². The van der Waals surface area contributed by atoms with Crippen LogP contribution in [0.1, 0.15) is 86.6 Å². The number of likely N-dealkylation sites (N-methyl/N-ethyl adjacent to an activating group) is 1. The molecule has 2 saturated carbocycles. The lowest BCUT2D eigenvalue weighted by Gasteiger charge is -2.49. The standard InChI is InChI=1S/C20H25N5O2.C17H20BrN3O2/c1-24(14-21)18(27)20(7-3-2-4-8-20)19(17(22)26)9-5-16(6-10-19)13-25-12-11-23-15-25;1-21(12-19)16(23)17(9-3-2-4-10-17)20-15(22)14-7-5-13(11-18)6-8-14/h5-6,9,11-12,15H,2-4,7-8,10,13H2,1H3,(H2,22,26);5-8H,2-4,9-11H2,1H3,(H,20,22). The summed E-state index contributed by atoms with van der Waals surface area (Å²) in [5.74, 6) is -1.41. The number of carbonyl (C=O) groups excluding carboxylic acids is 4. The maximum Gasteiger partial charge on any atom is 0.261 e. The van der Waals surface area contributed by atoms with Gasteiger partial charge in [-0.3, -0.25) is 29.0 Å². The molecule has 0 aliphatic heterocycles. The number of rotatable bonds is 9. The minimum absolute atomic E-state index is 0.271. The van der Waals surface area contributed by atoms with Crippen LogP contribution in [0.3, 0.4) is 0 Å². The van der Waals surface area contributed by atoms with Crippen LogP contribution in [0.4, 0.5) is 0 Å². The highest BCUT2D eigenvalue weighted by molar-refractivity contribution is 9.08. The van der Waals surface area contributed by atoms with E-state index in [2.05, 4.69) is 26.2 Å². The Labute approximate surface area is 302 Å². The molecule has 3 aliphatic carbocycles. The third kappa shape index (κ3) is 8.00. The molecule has 264 valence electrons. The van der Waals surface area contributed by atoms with Gasteiger partial charge in [-0.2, -0.15) is 10.5 Å². The Kier molecular flexibility index (Phi) is 12.8. The van der Waals surface area contributed by atoms with Gasteiger partial charge in [0.05, 0.1) is 17.2 Å². The predicted octanol–water partition coefficient (Wildman–Crippen LogP) is 5.08. The lowest BCUT2D eigenvalue weighted by molar-refractivity contribution is -0.155. The second-order valence-corrected chi connectivity index (χ2v) is 13.9. The summed E-state index contributed by atoms with van der Waals surface area (Å²) in [5, 5.41) is 21.9. The number of aromatic nitrogens is 2. The molecule has 1 heterocycles. The zero-order chi connectivity index (χ0) is 36.4. The van der Waals surface area contributed by atoms with Crippen LogP contribution in [0, 0.1) is 33.7 Å². The summed E-state index contributed by atoms with van der Waals surface area (Å²) in [4.78, 5) is 57.2. The summed E-state index contributed by atoms with van der Waals surface area (Å²) in [6.45, 7) is 0.643. The number of carbonyl (C=O) groups is 4. The summed E-state index contributed by atoms with van der Waals surface area (Å²) in [5.41, 5.74) is 5.50. The van der Waals surface area contributed by atoms with Crippen molar-refractivity contribution in [2.24, 2.45) is 16.6 Å². The largest absolute Gasteiger partial charge is 0.369 e. The second-order valence-electron chi connectivity index (χ2n) is 13.4. The van der Waals surface area contributed by atoms with E-state index in [1.165, 1.54) is 14.1 Å². The number of hydrogen-bond acceptors (Lipinski definition) is 7. The van der Waals surface area contributed by atoms with Gasteiger partial charge in [-0.25, -0.2) is 4.98 Å². The van der Waals surface area contributed by atoms with Crippen LogP contribution in [0.5, 0.6) is 0 Å². The van der Waals surface area contributed by atoms with Crippen LogP contribution < -0.4 is 11.1 Å². The molecule has 4 amide bonds. The maximum absolute atomic E-state index is 13.2. The van der Waals surface area contributed by atoms with Crippen molar-refractivity contribution in [1.29, 1.82) is 10.5 Å². The first-order valence-electron chi connectivity index (χ1n) is 16.9. The monoisotopic (exact) mass is 744 g/mol. The van der Waals surface area contributed by atoms with Crippen LogP contribution >= 0.6 is 15.9 Å². The Hall–Kier alpha value is -4.75. The first-order valence-corrected chi connectivity index (χ1v) is 18.1. The third-order valence-corrected chi connectivity index (χ3v) is 11.0. The number of benzene rings is 1. The van der Waals surface area contributed by atoms with Crippen LogP contribution in [0.25, 0.3) is 0 Å². The summed E-state index contributed by atoms with van der Waals surface area (Å²) in [7, 11) is 2.90. The summed E-state index contributed by atoms with van der Waals surface area (Å²) >= 11 is 3.37. The Morgan fingerprint density at radius 2 is 1.54 bits per heavy atom. The van der Waals surface area contributed by atoms with Crippen molar-refractivity contribution in [3.8, 4) is 12.4 Å². The average molecular weight is 746 g/mol. The molecule has 13 heteroatoms. The molecule has 3 N–H and O–H groups in total. The van der Waals surface area contributed by atoms with Gasteiger partial charge in [0.15, 0.2) is 12.4 Å². The number of imidazole rings is 1. The molecule has 1 aromatic heterocycles. The summed E-state index contributed by atoms with van der Waals surface area (Å²) in [6.07, 6.45) is 22.9. The number of nitrogens with two attached hydrogens (primary N) is 1. The van der Waals surface area contributed by atoms with E-state index < -0.39 is 22.3 Å². The fourth-order valence-corrected chi connectivity index (χ4v) is 7.85. The van der Waals surface area contributed by atoms with Gasteiger partial charge in [0.25, 0.3) is 11.8 Å². The molecule has 0 bridgehead atoms. The zero-order valence-corrected chi connectivity index (χ0v) is 30.3. The van der Waals surface area contributed by atoms with Gasteiger partial charge in [-0.15, -0.1) is 0 Å². The number of allylic oxidation sites excluding steroid dienone is 3. The molecule has 3 aliphatic rings. The molecule has 2 fully saturated rings. The van der Waals surface area contributed by atoms with E-state index in [-0.39, 0.29) is 17.7 Å². The highest BCUT2D eigenvalue weighted by Crippen LogP contribution is 2.55. The van der Waals surface area contributed by atoms with E-state index in [0.717, 1.165) is 64.8 Å². The first-order chi connectivity index (χ1) is 24.0. The van der Waals surface area contributed by atoms with E-state index in [0.29, 0.717) is 44.2 Å². The van der Waals surface area contributed by atoms with Crippen LogP contribution in [0.15, 0.2) is 66.8 Å². The number of halogens is 1. The summed E-state index contributed by atoms with van der Waals surface area (Å²) in [6, 6.07) is 7.25. The maximum atomic E-state index is 13.2. The van der Waals surface area contributed by atoms with Crippen molar-refractivity contribution in [2.75, 3.05) is 14.1 Å². The van der Waals surface area contributed by atoms with Crippen molar-refractivity contribution in [3.63, 3.8) is 0 Å². The fourth-order valence-electron chi connectivity index (χ4n) is 7.48. The second kappa shape index (κ2) is 16.8. The number of amides is 4. The summed E-state index contributed by atoms with van der Waals surface area (Å²) < 4.78 is 1.94. The first kappa shape index (κ1) is 38.1. The van der Waals surface area contributed by atoms with E-state index in [1.807, 2.05) is 53.5 Å². The number of hydrogen-bond donors (Lipinski definition) is 2. The van der Waals surface area contributed by atoms with E-state index in [4.69, 9.17) is 11.0 Å². The molecular formula is C37H45BrN8O4. The van der Waals surface area contributed by atoms with Crippen molar-refractivity contribution in [2.45, 2.75) is 88.0 Å². The van der Waals surface area contributed by atoms with Crippen molar-refractivity contribution >= 4 is 39.6 Å². The number of primary amides is 1. The fraction of sp³-hybridized carbons (Fsp3) is 0.486. The van der Waals surface area contributed by atoms with Gasteiger partial charge in [0.1, 0.15) is 5.54 Å². The minimum atomic E-state index is -1.10. The smallest absolute Gasteiger partial charge is 0.261 e. The SMILES string of the molecule is CN(C#N)C(=O)C1(C2(C(N)=O)C=CC(Cn3ccnc3)=CC2)CCCCC1.CN(C#N)C(=O)C1(NC(=O)c2ccc(CBr)cc2)CCCCC1. The normalized spacial score (nSPS) is 20.4. The molecule has 0 spiro atoms. The molecule has 0 saturated heterocycles. The Morgan fingerprint density at radius 1 is 0.940 bits per heavy atom. The quantitative estimate of drug-likeness (QED) is 0.204. The van der Waals surface area contributed by atoms with Gasteiger partial charge in [-0.05, 0) is 55.4 Å². The lowest BCUT2D eigenvalue weighted by atomic mass is 9.53. The highest BCUT2D eigenvalue weighted by Gasteiger charge is 2.59. The number of nitrogens with zero attached hydrogens (tertiary/aromatic N) is 6. The predicted molar refractivity (Wildman–Crippen MR) is 190 cm³/mol. The van der Waals surface area contributed by atoms with Gasteiger partial charge in [0.2, 0.25) is 11.8 Å². The lowest BCUT2D eigenvalue weighted by Crippen LogP contribution is -2.59. The molecule has 1 unspecified atom stereocenters. The molecule has 12 nitrogen and oxygen atoms in total. The minimum Gasteiger partial charge on any atom is -0.369 e. The van der Waals surface area contributed by atoms with Gasteiger partial charge in [0, 0.05) is 43.9 Å². The Morgan fingerprint density at radius 3 is 2.04 bits per heavy atom. The van der Waals surface area contributed by atoms with Crippen LogP contribution in [-0.2, 0) is 26.3 Å². The average Bonchev–Trinajstić information content (AvgIpc) is 3.67. The molecular weight excluding hydrogens is 700 g/mol. The molecule has 0 radical (unpaired) electrons. The number of nitrogens with one attached hydrogen (secondary N) is 1. The number of nitriles is 2. The van der Waals surface area contributed by atoms with Gasteiger partial charge >= 0.3 is 0 Å². The molecule has 50 heavy (non-hydrogen) atoms. The zero-order valence-electron chi connectivity index (χ0n) is 28.7. The third-order valence-electron chi connectivity index (χ3n) is 10.4. The molecule has 1 aromatic carbocycles.